The Hall–Kier alpha value is -2.58. The van der Waals surface area contributed by atoms with E-state index < -0.39 is 5.41 Å². The van der Waals surface area contributed by atoms with E-state index in [-0.39, 0.29) is 5.91 Å². The van der Waals surface area contributed by atoms with Gasteiger partial charge in [0.25, 0.3) is 0 Å². The van der Waals surface area contributed by atoms with Gasteiger partial charge in [0.15, 0.2) is 5.75 Å². The third-order valence-electron chi connectivity index (χ3n) is 4.17. The molecule has 0 aromatic heterocycles. The normalized spacial score (nSPS) is 11.3. The van der Waals surface area contributed by atoms with E-state index in [0.717, 1.165) is 16.7 Å². The molecule has 5 heteroatoms. The van der Waals surface area contributed by atoms with Crippen LogP contribution in [0.5, 0.6) is 5.75 Å². The van der Waals surface area contributed by atoms with E-state index in [4.69, 9.17) is 4.74 Å². The molecule has 140 valence electrons. The monoisotopic (exact) mass is 426 g/mol. The van der Waals surface area contributed by atoms with Crippen molar-refractivity contribution in [2.24, 2.45) is 5.41 Å². The van der Waals surface area contributed by atoms with Crippen molar-refractivity contribution >= 4 is 39.7 Å². The first-order chi connectivity index (χ1) is 12.7. The molecule has 2 aromatic rings. The molecule has 4 nitrogen and oxygen atoms in total. The van der Waals surface area contributed by atoms with E-state index in [0.29, 0.717) is 21.5 Å². The highest BCUT2D eigenvalue weighted by atomic mass is 79.9. The molecule has 0 bridgehead atoms. The molecule has 0 heterocycles. The summed E-state index contributed by atoms with van der Waals surface area (Å²) in [5.74, 6) is 0.249. The van der Waals surface area contributed by atoms with E-state index >= 15 is 0 Å². The summed E-state index contributed by atoms with van der Waals surface area (Å²) in [4.78, 5) is 12.5. The van der Waals surface area contributed by atoms with Crippen LogP contribution in [0.1, 0.15) is 43.0 Å². The molecule has 0 radical (unpaired) electrons. The Morgan fingerprint density at radius 1 is 1.22 bits per heavy atom. The van der Waals surface area contributed by atoms with E-state index in [2.05, 4.69) is 27.3 Å². The topological polar surface area (TPSA) is 62.1 Å². The lowest BCUT2D eigenvalue weighted by atomic mass is 9.94. The molecule has 0 fully saturated rings. The van der Waals surface area contributed by atoms with Crippen molar-refractivity contribution in [2.75, 3.05) is 12.4 Å². The maximum absolute atomic E-state index is 12.5. The molecule has 0 saturated heterocycles. The van der Waals surface area contributed by atoms with Crippen LogP contribution in [0.25, 0.3) is 12.2 Å². The first-order valence-corrected chi connectivity index (χ1v) is 9.34. The van der Waals surface area contributed by atoms with Gasteiger partial charge < -0.3 is 10.1 Å². The van der Waals surface area contributed by atoms with Gasteiger partial charge in [-0.2, -0.15) is 5.26 Å². The number of methoxy groups -OCH3 is 1. The Morgan fingerprint density at radius 3 is 2.37 bits per heavy atom. The number of hydrogen-bond acceptors (Lipinski definition) is 3. The standard InChI is InChI=1S/C22H23BrN2O2/c1-14-16(12-11-15-9-7-6-8-10-15)18(23)20(27-5)19(17(14)13-24)25-21(26)22(2,3)4/h6-12H,1-5H3,(H,25,26)/b12-11+. The van der Waals surface area contributed by atoms with Gasteiger partial charge in [-0.05, 0) is 39.5 Å². The number of nitrogens with zero attached hydrogens (tertiary/aromatic N) is 1. The Labute approximate surface area is 169 Å². The molecule has 0 atom stereocenters. The molecule has 0 spiro atoms. The molecule has 0 unspecified atom stereocenters. The summed E-state index contributed by atoms with van der Waals surface area (Å²) in [5.41, 5.74) is 2.83. The average molecular weight is 427 g/mol. The van der Waals surface area contributed by atoms with Crippen LogP contribution < -0.4 is 10.1 Å². The number of hydrogen-bond donors (Lipinski definition) is 1. The van der Waals surface area contributed by atoms with E-state index in [1.54, 1.807) is 0 Å². The predicted octanol–water partition coefficient (Wildman–Crippen LogP) is 5.79. The summed E-state index contributed by atoms with van der Waals surface area (Å²) >= 11 is 3.58. The van der Waals surface area contributed by atoms with Gasteiger partial charge in [-0.25, -0.2) is 0 Å². The third kappa shape index (κ3) is 4.58. The van der Waals surface area contributed by atoms with Crippen LogP contribution in [0.2, 0.25) is 0 Å². The van der Waals surface area contributed by atoms with Crippen molar-refractivity contribution in [1.82, 2.24) is 0 Å². The zero-order chi connectivity index (χ0) is 20.2. The number of anilines is 1. The van der Waals surface area contributed by atoms with Crippen LogP contribution in [0.4, 0.5) is 5.69 Å². The summed E-state index contributed by atoms with van der Waals surface area (Å²) in [6, 6.07) is 12.1. The maximum Gasteiger partial charge on any atom is 0.229 e. The summed E-state index contributed by atoms with van der Waals surface area (Å²) in [7, 11) is 1.52. The SMILES string of the molecule is COc1c(Br)c(/C=C/c2ccccc2)c(C)c(C#N)c1NC(=O)C(C)(C)C. The summed E-state index contributed by atoms with van der Waals surface area (Å²) in [6.45, 7) is 7.32. The van der Waals surface area contributed by atoms with Crippen molar-refractivity contribution in [2.45, 2.75) is 27.7 Å². The fourth-order valence-corrected chi connectivity index (χ4v) is 3.32. The molecule has 1 amide bonds. The minimum absolute atomic E-state index is 0.184. The van der Waals surface area contributed by atoms with Gasteiger partial charge in [-0.3, -0.25) is 4.79 Å². The molecule has 0 saturated carbocycles. The summed E-state index contributed by atoms with van der Waals surface area (Å²) < 4.78 is 6.23. The first-order valence-electron chi connectivity index (χ1n) is 8.55. The molecule has 1 N–H and O–H groups in total. The molecule has 0 aliphatic rings. The number of halogens is 1. The van der Waals surface area contributed by atoms with Gasteiger partial charge in [-0.1, -0.05) is 63.3 Å². The highest BCUT2D eigenvalue weighted by molar-refractivity contribution is 9.10. The van der Waals surface area contributed by atoms with Crippen LogP contribution in [0, 0.1) is 23.7 Å². The molecular formula is C22H23BrN2O2. The minimum atomic E-state index is -0.593. The van der Waals surface area contributed by atoms with Crippen LogP contribution in [-0.2, 0) is 4.79 Å². The molecule has 2 rings (SSSR count). The number of rotatable bonds is 4. The molecule has 0 aliphatic heterocycles. The van der Waals surface area contributed by atoms with Gasteiger partial charge in [0.05, 0.1) is 17.1 Å². The largest absolute Gasteiger partial charge is 0.493 e. The number of nitriles is 1. The minimum Gasteiger partial charge on any atom is -0.493 e. The molecule has 2 aromatic carbocycles. The van der Waals surface area contributed by atoms with E-state index in [1.165, 1.54) is 7.11 Å². The van der Waals surface area contributed by atoms with Gasteiger partial charge in [-0.15, -0.1) is 0 Å². The molecule has 0 aliphatic carbocycles. The highest BCUT2D eigenvalue weighted by Gasteiger charge is 2.27. The lowest BCUT2D eigenvalue weighted by Crippen LogP contribution is -2.28. The second-order valence-electron chi connectivity index (χ2n) is 7.20. The molecular weight excluding hydrogens is 404 g/mol. The van der Waals surface area contributed by atoms with Crippen molar-refractivity contribution < 1.29 is 9.53 Å². The zero-order valence-electron chi connectivity index (χ0n) is 16.2. The third-order valence-corrected chi connectivity index (χ3v) is 4.96. The second kappa shape index (κ2) is 8.41. The van der Waals surface area contributed by atoms with Crippen molar-refractivity contribution in [3.05, 3.63) is 57.1 Å². The van der Waals surface area contributed by atoms with Crippen LogP contribution >= 0.6 is 15.9 Å². The Morgan fingerprint density at radius 2 is 1.85 bits per heavy atom. The number of amides is 1. The predicted molar refractivity (Wildman–Crippen MR) is 114 cm³/mol. The smallest absolute Gasteiger partial charge is 0.229 e. The Bertz CT molecular complexity index is 920. The van der Waals surface area contributed by atoms with Crippen LogP contribution in [-0.4, -0.2) is 13.0 Å². The zero-order valence-corrected chi connectivity index (χ0v) is 17.8. The maximum atomic E-state index is 12.5. The van der Waals surface area contributed by atoms with Gasteiger partial charge in [0, 0.05) is 5.41 Å². The average Bonchev–Trinajstić information content (AvgIpc) is 2.62. The number of benzene rings is 2. The van der Waals surface area contributed by atoms with E-state index in [9.17, 15) is 10.1 Å². The first kappa shape index (κ1) is 20.7. The Balaban J connectivity index is 2.61. The van der Waals surface area contributed by atoms with Gasteiger partial charge >= 0.3 is 0 Å². The van der Waals surface area contributed by atoms with Crippen molar-refractivity contribution in [3.8, 4) is 11.8 Å². The second-order valence-corrected chi connectivity index (χ2v) is 7.99. The number of carbonyl (C=O) groups is 1. The van der Waals surface area contributed by atoms with Gasteiger partial charge in [0.1, 0.15) is 11.8 Å². The molecule has 27 heavy (non-hydrogen) atoms. The van der Waals surface area contributed by atoms with Gasteiger partial charge in [0.2, 0.25) is 5.91 Å². The van der Waals surface area contributed by atoms with E-state index in [1.807, 2.05) is 70.2 Å². The fraction of sp³-hybridized carbons (Fsp3) is 0.273. The van der Waals surface area contributed by atoms with Crippen molar-refractivity contribution in [1.29, 1.82) is 5.26 Å². The highest BCUT2D eigenvalue weighted by Crippen LogP contribution is 2.42. The summed E-state index contributed by atoms with van der Waals surface area (Å²) in [5, 5.41) is 12.6. The van der Waals surface area contributed by atoms with Crippen LogP contribution in [0.3, 0.4) is 0 Å². The number of ether oxygens (including phenoxy) is 1. The van der Waals surface area contributed by atoms with Crippen molar-refractivity contribution in [3.63, 3.8) is 0 Å². The van der Waals surface area contributed by atoms with Crippen LogP contribution in [0.15, 0.2) is 34.8 Å². The number of nitrogens with one attached hydrogen (secondary N) is 1. The summed E-state index contributed by atoms with van der Waals surface area (Å²) in [6.07, 6.45) is 3.91. The lowest BCUT2D eigenvalue weighted by Gasteiger charge is -2.22. The quantitative estimate of drug-likeness (QED) is 0.628. The Kier molecular flexibility index (Phi) is 6.45. The number of carbonyl (C=O) groups excluding carboxylic acids is 1. The fourth-order valence-electron chi connectivity index (χ4n) is 2.53. The lowest BCUT2D eigenvalue weighted by molar-refractivity contribution is -0.123.